The van der Waals surface area contributed by atoms with E-state index in [1.54, 1.807) is 19.2 Å². The van der Waals surface area contributed by atoms with Gasteiger partial charge in [-0.25, -0.2) is 4.79 Å². The molecule has 2 atom stereocenters. The number of methoxy groups -OCH3 is 1. The minimum atomic E-state index is -0.961. The van der Waals surface area contributed by atoms with Gasteiger partial charge < -0.3 is 20.5 Å². The van der Waals surface area contributed by atoms with Gasteiger partial charge in [-0.05, 0) is 18.9 Å². The van der Waals surface area contributed by atoms with Crippen molar-refractivity contribution < 1.29 is 19.4 Å². The standard InChI is InChI=1S/C15H22N2O4/c1-11(8-9-21-2)16-15(20)17-13(10-14(18)19)12-6-4-3-5-7-12/h3-7,11,13H,8-10H2,1-2H3,(H,18,19)(H2,16,17,20). The number of benzene rings is 1. The van der Waals surface area contributed by atoms with Crippen molar-refractivity contribution in [3.8, 4) is 0 Å². The van der Waals surface area contributed by atoms with Crippen LogP contribution in [0.25, 0.3) is 0 Å². The van der Waals surface area contributed by atoms with Crippen LogP contribution in [-0.4, -0.2) is 36.9 Å². The molecule has 116 valence electrons. The number of hydrogen-bond acceptors (Lipinski definition) is 3. The summed E-state index contributed by atoms with van der Waals surface area (Å²) in [5.41, 5.74) is 0.764. The van der Waals surface area contributed by atoms with Crippen LogP contribution in [0.1, 0.15) is 31.4 Å². The van der Waals surface area contributed by atoms with Crippen molar-refractivity contribution >= 4 is 12.0 Å². The molecule has 6 heteroatoms. The van der Waals surface area contributed by atoms with Gasteiger partial charge in [0.1, 0.15) is 0 Å². The van der Waals surface area contributed by atoms with E-state index in [9.17, 15) is 9.59 Å². The average Bonchev–Trinajstić information content (AvgIpc) is 2.44. The molecule has 0 heterocycles. The van der Waals surface area contributed by atoms with Crippen LogP contribution in [0.5, 0.6) is 0 Å². The van der Waals surface area contributed by atoms with Crippen molar-refractivity contribution in [2.75, 3.05) is 13.7 Å². The van der Waals surface area contributed by atoms with Gasteiger partial charge in [-0.1, -0.05) is 30.3 Å². The van der Waals surface area contributed by atoms with Crippen LogP contribution >= 0.6 is 0 Å². The molecule has 1 aromatic rings. The SMILES string of the molecule is COCCC(C)NC(=O)NC(CC(=O)O)c1ccccc1. The number of aliphatic carboxylic acids is 1. The van der Waals surface area contributed by atoms with Gasteiger partial charge in [0.15, 0.2) is 0 Å². The number of carbonyl (C=O) groups is 2. The first kappa shape index (κ1) is 17.0. The van der Waals surface area contributed by atoms with Crippen molar-refractivity contribution in [2.24, 2.45) is 0 Å². The van der Waals surface area contributed by atoms with Crippen LogP contribution < -0.4 is 10.6 Å². The highest BCUT2D eigenvalue weighted by Crippen LogP contribution is 2.16. The van der Waals surface area contributed by atoms with Crippen LogP contribution in [0.2, 0.25) is 0 Å². The predicted octanol–water partition coefficient (Wildman–Crippen LogP) is 1.93. The fraction of sp³-hybridized carbons (Fsp3) is 0.467. The van der Waals surface area contributed by atoms with Crippen LogP contribution in [0.3, 0.4) is 0 Å². The Morgan fingerprint density at radius 3 is 2.48 bits per heavy atom. The molecule has 0 aliphatic carbocycles. The first-order valence-corrected chi connectivity index (χ1v) is 6.85. The lowest BCUT2D eigenvalue weighted by Crippen LogP contribution is -2.43. The van der Waals surface area contributed by atoms with Gasteiger partial charge in [0.05, 0.1) is 12.5 Å². The molecule has 1 rings (SSSR count). The Labute approximate surface area is 124 Å². The summed E-state index contributed by atoms with van der Waals surface area (Å²) in [6.45, 7) is 2.42. The number of carboxylic acid groups (broad SMARTS) is 1. The largest absolute Gasteiger partial charge is 0.481 e. The second-order valence-corrected chi connectivity index (χ2v) is 4.86. The normalized spacial score (nSPS) is 13.2. The molecule has 2 unspecified atom stereocenters. The fourth-order valence-corrected chi connectivity index (χ4v) is 1.90. The number of urea groups is 1. The lowest BCUT2D eigenvalue weighted by atomic mass is 10.0. The van der Waals surface area contributed by atoms with Crippen LogP contribution in [-0.2, 0) is 9.53 Å². The number of ether oxygens (including phenoxy) is 1. The molecule has 0 aliphatic rings. The highest BCUT2D eigenvalue weighted by atomic mass is 16.5. The number of carbonyl (C=O) groups excluding carboxylic acids is 1. The van der Waals surface area contributed by atoms with E-state index < -0.39 is 12.0 Å². The minimum Gasteiger partial charge on any atom is -0.481 e. The summed E-state index contributed by atoms with van der Waals surface area (Å²) >= 11 is 0. The molecule has 0 fully saturated rings. The number of hydrogen-bond donors (Lipinski definition) is 3. The molecule has 0 aliphatic heterocycles. The molecule has 0 spiro atoms. The highest BCUT2D eigenvalue weighted by Gasteiger charge is 2.18. The van der Waals surface area contributed by atoms with Gasteiger partial charge in [-0.2, -0.15) is 0 Å². The lowest BCUT2D eigenvalue weighted by molar-refractivity contribution is -0.137. The molecular formula is C15H22N2O4. The van der Waals surface area contributed by atoms with Crippen molar-refractivity contribution in [3.63, 3.8) is 0 Å². The van der Waals surface area contributed by atoms with Gasteiger partial charge in [-0.15, -0.1) is 0 Å². The Morgan fingerprint density at radius 2 is 1.90 bits per heavy atom. The van der Waals surface area contributed by atoms with Gasteiger partial charge in [-0.3, -0.25) is 4.79 Å². The maximum absolute atomic E-state index is 11.9. The quantitative estimate of drug-likeness (QED) is 0.683. The molecule has 0 saturated carbocycles. The summed E-state index contributed by atoms with van der Waals surface area (Å²) in [4.78, 5) is 22.9. The molecular weight excluding hydrogens is 272 g/mol. The van der Waals surface area contributed by atoms with E-state index >= 15 is 0 Å². The van der Waals surface area contributed by atoms with Crippen molar-refractivity contribution in [2.45, 2.75) is 31.8 Å². The second kappa shape index (κ2) is 8.97. The monoisotopic (exact) mass is 294 g/mol. The zero-order valence-corrected chi connectivity index (χ0v) is 12.3. The van der Waals surface area contributed by atoms with E-state index in [1.165, 1.54) is 0 Å². The summed E-state index contributed by atoms with van der Waals surface area (Å²) in [5, 5.41) is 14.4. The predicted molar refractivity (Wildman–Crippen MR) is 79.1 cm³/mol. The molecule has 6 nitrogen and oxygen atoms in total. The van der Waals surface area contributed by atoms with Gasteiger partial charge in [0.25, 0.3) is 0 Å². The summed E-state index contributed by atoms with van der Waals surface area (Å²) in [7, 11) is 1.60. The molecule has 0 bridgehead atoms. The average molecular weight is 294 g/mol. The Bertz CT molecular complexity index is 450. The van der Waals surface area contributed by atoms with E-state index in [0.717, 1.165) is 5.56 Å². The number of carboxylic acids is 1. The van der Waals surface area contributed by atoms with Crippen LogP contribution in [0.15, 0.2) is 30.3 Å². The summed E-state index contributed by atoms with van der Waals surface area (Å²) in [6.07, 6.45) is 0.530. The number of amides is 2. The lowest BCUT2D eigenvalue weighted by Gasteiger charge is -2.20. The summed E-state index contributed by atoms with van der Waals surface area (Å²) < 4.78 is 4.95. The third-order valence-corrected chi connectivity index (χ3v) is 3.02. The Morgan fingerprint density at radius 1 is 1.24 bits per heavy atom. The van der Waals surface area contributed by atoms with E-state index in [4.69, 9.17) is 9.84 Å². The molecule has 21 heavy (non-hydrogen) atoms. The topological polar surface area (TPSA) is 87.7 Å². The first-order valence-electron chi connectivity index (χ1n) is 6.85. The smallest absolute Gasteiger partial charge is 0.315 e. The Balaban J connectivity index is 2.60. The zero-order valence-electron chi connectivity index (χ0n) is 12.3. The Hall–Kier alpha value is -2.08. The van der Waals surface area contributed by atoms with Crippen molar-refractivity contribution in [1.29, 1.82) is 0 Å². The van der Waals surface area contributed by atoms with Gasteiger partial charge in [0.2, 0.25) is 0 Å². The third-order valence-electron chi connectivity index (χ3n) is 3.02. The summed E-state index contributed by atoms with van der Waals surface area (Å²) in [5.74, 6) is -0.961. The van der Waals surface area contributed by atoms with Gasteiger partial charge in [0, 0.05) is 19.8 Å². The van der Waals surface area contributed by atoms with E-state index in [2.05, 4.69) is 10.6 Å². The molecule has 0 radical (unpaired) electrons. The highest BCUT2D eigenvalue weighted by molar-refractivity contribution is 5.76. The number of rotatable bonds is 8. The first-order chi connectivity index (χ1) is 10.0. The molecule has 1 aromatic carbocycles. The molecule has 3 N–H and O–H groups in total. The van der Waals surface area contributed by atoms with Crippen LogP contribution in [0, 0.1) is 0 Å². The van der Waals surface area contributed by atoms with E-state index in [1.807, 2.05) is 25.1 Å². The van der Waals surface area contributed by atoms with Crippen LogP contribution in [0.4, 0.5) is 4.79 Å². The number of nitrogens with one attached hydrogen (secondary N) is 2. The molecule has 2 amide bonds. The van der Waals surface area contributed by atoms with Gasteiger partial charge >= 0.3 is 12.0 Å². The molecule has 0 aromatic heterocycles. The minimum absolute atomic E-state index is 0.0498. The van der Waals surface area contributed by atoms with Crippen molar-refractivity contribution in [1.82, 2.24) is 10.6 Å². The summed E-state index contributed by atoms with van der Waals surface area (Å²) in [6, 6.07) is 8.06. The maximum atomic E-state index is 11.9. The zero-order chi connectivity index (χ0) is 15.7. The fourth-order valence-electron chi connectivity index (χ4n) is 1.90. The Kier molecular flexibility index (Phi) is 7.25. The maximum Gasteiger partial charge on any atom is 0.315 e. The van der Waals surface area contributed by atoms with E-state index in [0.29, 0.717) is 13.0 Å². The third kappa shape index (κ3) is 6.76. The molecule has 0 saturated heterocycles. The van der Waals surface area contributed by atoms with E-state index in [-0.39, 0.29) is 18.5 Å². The second-order valence-electron chi connectivity index (χ2n) is 4.86. The van der Waals surface area contributed by atoms with Crippen molar-refractivity contribution in [3.05, 3.63) is 35.9 Å².